The van der Waals surface area contributed by atoms with Gasteiger partial charge in [0, 0.05) is 24.0 Å². The van der Waals surface area contributed by atoms with E-state index in [0.717, 1.165) is 85.9 Å². The Hall–Kier alpha value is -5.50. The molecular weight excluding hydrogens is 969 g/mol. The lowest BCUT2D eigenvalue weighted by Gasteiger charge is -2.91. The molecule has 22 rings (SSSR count). The average molecular weight is 1050 g/mol. The number of ketones is 4. The second-order valence-corrected chi connectivity index (χ2v) is 28.9. The molecule has 0 aliphatic heterocycles. The second-order valence-electron chi connectivity index (χ2n) is 28.9. The number of hydrogen-bond donors (Lipinski definition) is 2. The summed E-state index contributed by atoms with van der Waals surface area (Å²) in [5, 5.41) is 18.7. The molecule has 18 saturated carbocycles. The predicted octanol–water partition coefficient (Wildman–Crippen LogP) is 14.3. The topological polar surface area (TPSA) is 143 Å². The Morgan fingerprint density at radius 3 is 0.962 bits per heavy atom. The van der Waals surface area contributed by atoms with E-state index in [2.05, 4.69) is 62.4 Å². The van der Waals surface area contributed by atoms with Crippen molar-refractivity contribution in [2.45, 2.75) is 177 Å². The zero-order valence-corrected chi connectivity index (χ0v) is 45.8. The largest absolute Gasteiger partial charge is 0.478 e. The van der Waals surface area contributed by atoms with Crippen molar-refractivity contribution in [3.05, 3.63) is 142 Å². The van der Waals surface area contributed by atoms with Gasteiger partial charge < -0.3 is 10.2 Å². The summed E-state index contributed by atoms with van der Waals surface area (Å²) >= 11 is 0. The van der Waals surface area contributed by atoms with Gasteiger partial charge in [-0.2, -0.15) is 0 Å². The first-order valence-corrected chi connectivity index (χ1v) is 30.6. The molecule has 0 aromatic heterocycles. The van der Waals surface area contributed by atoms with Crippen molar-refractivity contribution in [3.63, 3.8) is 0 Å². The molecule has 0 heterocycles. The predicted molar refractivity (Wildman–Crippen MR) is 296 cm³/mol. The molecule has 8 nitrogen and oxygen atoms in total. The van der Waals surface area contributed by atoms with E-state index in [1.807, 2.05) is 48.5 Å². The minimum Gasteiger partial charge on any atom is -0.478 e. The van der Waals surface area contributed by atoms with E-state index in [-0.39, 0.29) is 44.8 Å². The quantitative estimate of drug-likeness (QED) is 0.0570. The third kappa shape index (κ3) is 6.30. The minimum absolute atomic E-state index is 0.222. The van der Waals surface area contributed by atoms with Crippen LogP contribution in [0.25, 0.3) is 0 Å². The van der Waals surface area contributed by atoms with Crippen LogP contribution in [0.15, 0.2) is 97.1 Å². The van der Waals surface area contributed by atoms with Gasteiger partial charge in [-0.15, -0.1) is 0 Å². The standard InChI is InChI=1S/C41H48O4.C29H28O4/c1-3-5-7-9-33(42)36(44)26-11-15-28(16-12-26)38-20-31-30-19-39(23-40(31)25-41(24-39,32(30)21-38)35(40)22-38)29-17-13-27(14-18-29)37(45)34(43)10-8-6-4-2;30-24(31)16-1-5-18(6-2-16)26-10-21-20-9-27(19-7-3-17(4-8-19)25(32)33)13-28(21)15-29(14-27,22(20)11-26)23(28)12-26/h11-18,30-32,35H,3-10,19-25H2,1-2H3;1-8,20-23H,9-15H2,(H,30,31)(H,32,33)/t30?,31-,32-,35?,38?,39?,40?,41?;20?,21-,22-,23?,26?,27?,28?,29?/m11/s1. The number of unbranched alkanes of at least 4 members (excludes halogenated alkanes) is 4. The van der Waals surface area contributed by atoms with Gasteiger partial charge in [0.1, 0.15) is 0 Å². The number of carbonyl (C=O) groups excluding carboxylic acids is 4. The van der Waals surface area contributed by atoms with Gasteiger partial charge in [0.2, 0.25) is 23.1 Å². The SMILES string of the molecule is CCCCCC(=O)C(=O)c1ccc(C23CC4C56CC7(c8ccc(C(=O)C(=O)CCCCC)cc8)CC([C@H]5C2)[C@@H](C3)C4(C7)C6)cc1.O=C(O)c1ccc(C23CC4C56CC7(c8ccc(C(=O)O)cc8)CC([C@H]5C2)[C@@H](C3)C4(C7)C6)cc1. The van der Waals surface area contributed by atoms with Gasteiger partial charge in [-0.05, 0) is 240 Å². The molecule has 8 atom stereocenters. The Morgan fingerprint density at radius 1 is 0.372 bits per heavy atom. The Bertz CT molecular complexity index is 3140. The first-order chi connectivity index (χ1) is 37.5. The van der Waals surface area contributed by atoms with Crippen LogP contribution in [-0.4, -0.2) is 45.3 Å². The Labute approximate surface area is 459 Å². The van der Waals surface area contributed by atoms with Crippen LogP contribution in [0.1, 0.15) is 219 Å². The third-order valence-corrected chi connectivity index (χ3v) is 26.2. The van der Waals surface area contributed by atoms with E-state index in [0.29, 0.717) is 56.8 Å². The van der Waals surface area contributed by atoms with Gasteiger partial charge in [0.15, 0.2) is 0 Å². The highest BCUT2D eigenvalue weighted by Gasteiger charge is 2.88. The summed E-state index contributed by atoms with van der Waals surface area (Å²) in [7, 11) is 0. The van der Waals surface area contributed by atoms with Crippen molar-refractivity contribution in [3.8, 4) is 0 Å². The molecule has 78 heavy (non-hydrogen) atoms. The summed E-state index contributed by atoms with van der Waals surface area (Å²) in [4.78, 5) is 73.4. The van der Waals surface area contributed by atoms with Crippen LogP contribution in [0.2, 0.25) is 0 Å². The van der Waals surface area contributed by atoms with Crippen LogP contribution in [0.4, 0.5) is 0 Å². The fourth-order valence-electron chi connectivity index (χ4n) is 24.1. The number of Topliss-reactive ketones (excluding diaryl/α,β-unsaturated/α-hetero) is 4. The average Bonchev–Trinajstić information content (AvgIpc) is 0.772. The fourth-order valence-corrected chi connectivity index (χ4v) is 24.1. The van der Waals surface area contributed by atoms with Crippen molar-refractivity contribution < 1.29 is 39.0 Å². The number of carboxylic acid groups (broad SMARTS) is 2. The van der Waals surface area contributed by atoms with Crippen molar-refractivity contribution in [2.24, 2.45) is 69.0 Å². The lowest BCUT2D eigenvalue weighted by atomic mass is 9.13. The summed E-state index contributed by atoms with van der Waals surface area (Å²) in [5.74, 6) is 3.58. The molecule has 4 spiro atoms. The molecule has 4 aromatic carbocycles. The minimum atomic E-state index is -0.845. The highest BCUT2D eigenvalue weighted by molar-refractivity contribution is 6.44. The fraction of sp³-hybridized carbons (Fsp3) is 0.571. The van der Waals surface area contributed by atoms with Gasteiger partial charge in [0.05, 0.1) is 11.1 Å². The van der Waals surface area contributed by atoms with Gasteiger partial charge in [-0.25, -0.2) is 9.59 Å². The van der Waals surface area contributed by atoms with Crippen LogP contribution in [0.3, 0.4) is 0 Å². The van der Waals surface area contributed by atoms with Gasteiger partial charge in [-0.1, -0.05) is 112 Å². The summed E-state index contributed by atoms with van der Waals surface area (Å²) in [6, 6.07) is 32.3. The maximum absolute atomic E-state index is 12.8. The summed E-state index contributed by atoms with van der Waals surface area (Å²) in [5.41, 5.74) is 10.3. The lowest BCUT2D eigenvalue weighted by molar-refractivity contribution is -0.399. The normalized spacial score (nSPS) is 41.5. The number of hydrogen-bond acceptors (Lipinski definition) is 6. The molecule has 0 amide bonds. The van der Waals surface area contributed by atoms with Crippen LogP contribution < -0.4 is 0 Å². The van der Waals surface area contributed by atoms with Crippen molar-refractivity contribution in [2.75, 3.05) is 0 Å². The van der Waals surface area contributed by atoms with E-state index < -0.39 is 11.9 Å². The van der Waals surface area contributed by atoms with Gasteiger partial charge in [0.25, 0.3) is 0 Å². The number of carboxylic acids is 2. The summed E-state index contributed by atoms with van der Waals surface area (Å²) in [6.07, 6.45) is 24.6. The van der Waals surface area contributed by atoms with Crippen LogP contribution in [-0.2, 0) is 31.2 Å². The molecule has 18 fully saturated rings. The molecule has 16 bridgehead atoms. The van der Waals surface area contributed by atoms with Crippen LogP contribution >= 0.6 is 0 Å². The van der Waals surface area contributed by atoms with Crippen LogP contribution in [0.5, 0.6) is 0 Å². The first kappa shape index (κ1) is 49.5. The molecule has 18 aliphatic carbocycles. The van der Waals surface area contributed by atoms with Gasteiger partial charge >= 0.3 is 11.9 Å². The van der Waals surface area contributed by atoms with Crippen molar-refractivity contribution >= 4 is 35.1 Å². The Balaban J connectivity index is 0.000000142. The molecule has 404 valence electrons. The maximum atomic E-state index is 12.8. The molecule has 2 N–H and O–H groups in total. The van der Waals surface area contributed by atoms with E-state index in [4.69, 9.17) is 0 Å². The van der Waals surface area contributed by atoms with Crippen molar-refractivity contribution in [1.29, 1.82) is 0 Å². The highest BCUT2D eigenvalue weighted by atomic mass is 16.4. The van der Waals surface area contributed by atoms with E-state index >= 15 is 0 Å². The smallest absolute Gasteiger partial charge is 0.335 e. The number of aromatic carboxylic acids is 2. The molecule has 8 heteroatoms. The monoisotopic (exact) mass is 1040 g/mol. The Kier molecular flexibility index (Phi) is 10.5. The molecule has 0 saturated heterocycles. The lowest BCUT2D eigenvalue weighted by Crippen LogP contribution is -2.85. The van der Waals surface area contributed by atoms with E-state index in [1.165, 1.54) is 112 Å². The number of rotatable bonds is 18. The summed E-state index contributed by atoms with van der Waals surface area (Å²) in [6.45, 7) is 4.22. The van der Waals surface area contributed by atoms with E-state index in [9.17, 15) is 39.0 Å². The maximum Gasteiger partial charge on any atom is 0.335 e. The zero-order chi connectivity index (χ0) is 53.6. The molecule has 4 aromatic rings. The molecular formula is C70H76O8. The highest BCUT2D eigenvalue weighted by Crippen LogP contribution is 2.95. The molecule has 4 unspecified atom stereocenters. The number of benzene rings is 4. The molecule has 0 radical (unpaired) electrons. The third-order valence-electron chi connectivity index (χ3n) is 26.2. The first-order valence-electron chi connectivity index (χ1n) is 30.6. The van der Waals surface area contributed by atoms with Crippen molar-refractivity contribution in [1.82, 2.24) is 0 Å². The van der Waals surface area contributed by atoms with E-state index in [1.54, 1.807) is 0 Å². The van der Waals surface area contributed by atoms with Gasteiger partial charge in [-0.3, -0.25) is 19.2 Å². The zero-order valence-electron chi connectivity index (χ0n) is 45.8. The summed E-state index contributed by atoms with van der Waals surface area (Å²) < 4.78 is 0. The Morgan fingerprint density at radius 2 is 0.667 bits per heavy atom. The molecule has 18 aliphatic rings. The number of carbonyl (C=O) groups is 6. The van der Waals surface area contributed by atoms with Crippen LogP contribution in [0, 0.1) is 69.0 Å². The second kappa shape index (κ2) is 16.6.